The molecule has 0 aliphatic rings. The zero-order valence-corrected chi connectivity index (χ0v) is 8.28. The summed E-state index contributed by atoms with van der Waals surface area (Å²) in [4.78, 5) is 3.74. The van der Waals surface area contributed by atoms with Crippen LogP contribution in [-0.4, -0.2) is 10.1 Å². The molecule has 1 N–H and O–H groups in total. The number of halogens is 3. The van der Waals surface area contributed by atoms with Gasteiger partial charge in [-0.15, -0.1) is 0 Å². The Labute approximate surface area is 81.3 Å². The largest absolute Gasteiger partial charge is 0.505 e. The molecule has 1 aromatic rings. The highest BCUT2D eigenvalue weighted by Crippen LogP contribution is 2.27. The van der Waals surface area contributed by atoms with E-state index in [1.807, 2.05) is 22.6 Å². The first kappa shape index (κ1) is 8.36. The molecule has 0 bridgehead atoms. The molecule has 0 amide bonds. The topological polar surface area (TPSA) is 33.1 Å². The van der Waals surface area contributed by atoms with Gasteiger partial charge in [-0.3, -0.25) is 0 Å². The second kappa shape index (κ2) is 3.11. The summed E-state index contributed by atoms with van der Waals surface area (Å²) in [5.41, 5.74) is 0. The Bertz CT molecular complexity index is 216. The van der Waals surface area contributed by atoms with Crippen molar-refractivity contribution in [1.82, 2.24) is 4.98 Å². The predicted molar refractivity (Wildman–Crippen MR) is 48.6 cm³/mol. The molecule has 1 heterocycles. The fraction of sp³-hybridized carbons (Fsp3) is 0. The van der Waals surface area contributed by atoms with E-state index in [1.165, 1.54) is 6.07 Å². The van der Waals surface area contributed by atoms with Crippen molar-refractivity contribution in [2.75, 3.05) is 0 Å². The molecule has 0 atom stereocenters. The molecule has 0 unspecified atom stereocenters. The number of pyridine rings is 1. The average molecular weight is 290 g/mol. The second-order valence-corrected chi connectivity index (χ2v) is 3.36. The van der Waals surface area contributed by atoms with E-state index >= 15 is 0 Å². The fourth-order valence-electron chi connectivity index (χ4n) is 0.436. The van der Waals surface area contributed by atoms with Crippen LogP contribution >= 0.6 is 45.8 Å². The molecule has 5 heteroatoms. The third-order valence-electron chi connectivity index (χ3n) is 0.868. The third kappa shape index (κ3) is 1.65. The van der Waals surface area contributed by atoms with Gasteiger partial charge in [-0.25, -0.2) is 4.98 Å². The average Bonchev–Trinajstić information content (AvgIpc) is 1.84. The minimum Gasteiger partial charge on any atom is -0.505 e. The van der Waals surface area contributed by atoms with Crippen LogP contribution in [0.2, 0.25) is 10.2 Å². The molecule has 0 fully saturated rings. The van der Waals surface area contributed by atoms with Gasteiger partial charge < -0.3 is 5.11 Å². The lowest BCUT2D eigenvalue weighted by atomic mass is 10.5. The van der Waals surface area contributed by atoms with E-state index < -0.39 is 0 Å². The second-order valence-electron chi connectivity index (χ2n) is 1.57. The summed E-state index contributed by atoms with van der Waals surface area (Å²) in [6.07, 6.45) is 0. The minimum absolute atomic E-state index is 0.0776. The van der Waals surface area contributed by atoms with Crippen molar-refractivity contribution in [2.24, 2.45) is 0 Å². The Hall–Kier alpha value is 0.260. The van der Waals surface area contributed by atoms with Gasteiger partial charge in [0, 0.05) is 6.07 Å². The van der Waals surface area contributed by atoms with Gasteiger partial charge in [0.1, 0.15) is 3.70 Å². The molecule has 0 radical (unpaired) electrons. The highest BCUT2D eigenvalue weighted by molar-refractivity contribution is 14.1. The van der Waals surface area contributed by atoms with Crippen LogP contribution in [0.3, 0.4) is 0 Å². The molecule has 0 saturated heterocycles. The Morgan fingerprint density at radius 2 is 2.10 bits per heavy atom. The SMILES string of the molecule is Oc1cc(Cl)c(I)nc1Cl. The van der Waals surface area contributed by atoms with Crippen LogP contribution < -0.4 is 0 Å². The van der Waals surface area contributed by atoms with Crippen LogP contribution in [0.25, 0.3) is 0 Å². The summed E-state index contributed by atoms with van der Waals surface area (Å²) < 4.78 is 0.585. The van der Waals surface area contributed by atoms with E-state index in [-0.39, 0.29) is 10.9 Å². The van der Waals surface area contributed by atoms with Gasteiger partial charge in [-0.05, 0) is 22.6 Å². The van der Waals surface area contributed by atoms with Gasteiger partial charge >= 0.3 is 0 Å². The van der Waals surface area contributed by atoms with Crippen LogP contribution in [0.15, 0.2) is 6.07 Å². The maximum Gasteiger partial charge on any atom is 0.171 e. The van der Waals surface area contributed by atoms with Crippen LogP contribution in [0.5, 0.6) is 5.75 Å². The lowest BCUT2D eigenvalue weighted by Gasteiger charge is -1.97. The fourth-order valence-corrected chi connectivity index (χ4v) is 1.26. The van der Waals surface area contributed by atoms with Crippen molar-refractivity contribution in [2.45, 2.75) is 0 Å². The van der Waals surface area contributed by atoms with Crippen molar-refractivity contribution >= 4 is 45.8 Å². The van der Waals surface area contributed by atoms with Crippen molar-refractivity contribution in [3.05, 3.63) is 19.9 Å². The van der Waals surface area contributed by atoms with Crippen LogP contribution in [0, 0.1) is 3.70 Å². The van der Waals surface area contributed by atoms with Gasteiger partial charge in [0.2, 0.25) is 0 Å². The quantitative estimate of drug-likeness (QED) is 0.588. The molecule has 0 aromatic carbocycles. The normalized spacial score (nSPS) is 9.90. The summed E-state index contributed by atoms with van der Waals surface area (Å²) in [6, 6.07) is 1.36. The van der Waals surface area contributed by atoms with E-state index in [4.69, 9.17) is 28.3 Å². The minimum atomic E-state index is -0.0907. The van der Waals surface area contributed by atoms with E-state index in [2.05, 4.69) is 4.98 Å². The van der Waals surface area contributed by atoms with Gasteiger partial charge in [0.05, 0.1) is 5.02 Å². The summed E-state index contributed by atoms with van der Waals surface area (Å²) >= 11 is 13.0. The molecule has 1 aromatic heterocycles. The first-order valence-electron chi connectivity index (χ1n) is 2.32. The summed E-state index contributed by atoms with van der Waals surface area (Å²) in [7, 11) is 0. The van der Waals surface area contributed by atoms with Crippen LogP contribution in [-0.2, 0) is 0 Å². The first-order valence-corrected chi connectivity index (χ1v) is 4.15. The van der Waals surface area contributed by atoms with Gasteiger partial charge in [0.25, 0.3) is 0 Å². The Balaban J connectivity index is 3.28. The predicted octanol–water partition coefficient (Wildman–Crippen LogP) is 2.70. The molecule has 10 heavy (non-hydrogen) atoms. The molecule has 54 valence electrons. The third-order valence-corrected chi connectivity index (χ3v) is 2.58. The highest BCUT2D eigenvalue weighted by Gasteiger charge is 2.04. The monoisotopic (exact) mass is 289 g/mol. The number of rotatable bonds is 0. The summed E-state index contributed by atoms with van der Waals surface area (Å²) in [5.74, 6) is -0.0907. The number of hydrogen-bond donors (Lipinski definition) is 1. The van der Waals surface area contributed by atoms with Crippen molar-refractivity contribution in [3.8, 4) is 5.75 Å². The van der Waals surface area contributed by atoms with Crippen molar-refractivity contribution < 1.29 is 5.11 Å². The number of aromatic hydroxyl groups is 1. The maximum absolute atomic E-state index is 8.94. The summed E-state index contributed by atoms with van der Waals surface area (Å²) in [6.45, 7) is 0. The van der Waals surface area contributed by atoms with E-state index in [1.54, 1.807) is 0 Å². The van der Waals surface area contributed by atoms with E-state index in [9.17, 15) is 0 Å². The summed E-state index contributed by atoms with van der Waals surface area (Å²) in [5, 5.41) is 9.43. The smallest absolute Gasteiger partial charge is 0.171 e. The van der Waals surface area contributed by atoms with Crippen LogP contribution in [0.4, 0.5) is 0 Å². The van der Waals surface area contributed by atoms with Gasteiger partial charge in [0.15, 0.2) is 10.9 Å². The van der Waals surface area contributed by atoms with Gasteiger partial charge in [-0.1, -0.05) is 23.2 Å². The van der Waals surface area contributed by atoms with Crippen molar-refractivity contribution in [1.29, 1.82) is 0 Å². The molecule has 1 rings (SSSR count). The Morgan fingerprint density at radius 1 is 1.50 bits per heavy atom. The highest BCUT2D eigenvalue weighted by atomic mass is 127. The van der Waals surface area contributed by atoms with Crippen LogP contribution in [0.1, 0.15) is 0 Å². The number of aromatic nitrogens is 1. The molecule has 0 aliphatic carbocycles. The Kier molecular flexibility index (Phi) is 2.60. The zero-order chi connectivity index (χ0) is 7.72. The molecule has 0 spiro atoms. The van der Waals surface area contributed by atoms with Gasteiger partial charge in [-0.2, -0.15) is 0 Å². The Morgan fingerprint density at radius 3 is 2.60 bits per heavy atom. The first-order chi connectivity index (χ1) is 4.61. The number of nitrogens with zero attached hydrogens (tertiary/aromatic N) is 1. The van der Waals surface area contributed by atoms with E-state index in [0.717, 1.165) is 0 Å². The standard InChI is InChI=1S/C5H2Cl2INO/c6-2-1-3(10)4(7)9-5(2)8/h1,10H. The lowest BCUT2D eigenvalue weighted by molar-refractivity contribution is 0.473. The number of hydrogen-bond acceptors (Lipinski definition) is 2. The molecule has 0 aliphatic heterocycles. The maximum atomic E-state index is 8.94. The van der Waals surface area contributed by atoms with Crippen molar-refractivity contribution in [3.63, 3.8) is 0 Å². The molecule has 0 saturated carbocycles. The lowest BCUT2D eigenvalue weighted by Crippen LogP contribution is -1.82. The zero-order valence-electron chi connectivity index (χ0n) is 4.61. The molecule has 2 nitrogen and oxygen atoms in total. The molecular formula is C5H2Cl2INO. The molecular weight excluding hydrogens is 288 g/mol. The van der Waals surface area contributed by atoms with E-state index in [0.29, 0.717) is 8.72 Å².